The first-order valence-corrected chi connectivity index (χ1v) is 5.81. The molecule has 0 spiro atoms. The van der Waals surface area contributed by atoms with Crippen LogP contribution >= 0.6 is 11.6 Å². The van der Waals surface area contributed by atoms with Crippen LogP contribution in [0.2, 0.25) is 5.02 Å². The summed E-state index contributed by atoms with van der Waals surface area (Å²) < 4.78 is 25.6. The molecule has 0 bridgehead atoms. The molecular formula is C13H8ClF2NO3. The zero-order chi connectivity index (χ0) is 14.9. The largest absolute Gasteiger partial charge is 0.478 e. The van der Waals surface area contributed by atoms with Gasteiger partial charge in [0.2, 0.25) is 0 Å². The van der Waals surface area contributed by atoms with Crippen molar-refractivity contribution < 1.29 is 18.7 Å². The number of pyridine rings is 1. The van der Waals surface area contributed by atoms with E-state index < -0.39 is 18.1 Å². The molecule has 1 heterocycles. The van der Waals surface area contributed by atoms with Gasteiger partial charge in [0.15, 0.2) is 0 Å². The summed E-state index contributed by atoms with van der Waals surface area (Å²) in [6.45, 7) is -2.95. The van der Waals surface area contributed by atoms with Gasteiger partial charge in [0.05, 0.1) is 10.6 Å². The average molecular weight is 300 g/mol. The highest BCUT2D eigenvalue weighted by Gasteiger charge is 2.12. The molecule has 2 rings (SSSR count). The Labute approximate surface area is 116 Å². The van der Waals surface area contributed by atoms with Crippen LogP contribution in [0.15, 0.2) is 41.3 Å². The van der Waals surface area contributed by atoms with Crippen molar-refractivity contribution in [2.45, 2.75) is 6.55 Å². The quantitative estimate of drug-likeness (QED) is 0.946. The zero-order valence-corrected chi connectivity index (χ0v) is 10.6. The smallest absolute Gasteiger partial charge is 0.337 e. The van der Waals surface area contributed by atoms with E-state index in [0.29, 0.717) is 11.1 Å². The highest BCUT2D eigenvalue weighted by Crippen LogP contribution is 2.25. The third-order valence-corrected chi connectivity index (χ3v) is 2.99. The SMILES string of the molecule is O=C(O)c1ccc(-c2ccc(=O)n(C(F)F)c2)cc1Cl. The number of nitrogens with zero attached hydrogens (tertiary/aromatic N) is 1. The summed E-state index contributed by atoms with van der Waals surface area (Å²) in [6, 6.07) is 6.44. The highest BCUT2D eigenvalue weighted by atomic mass is 35.5. The molecule has 1 aromatic carbocycles. The third kappa shape index (κ3) is 2.70. The van der Waals surface area contributed by atoms with E-state index in [-0.39, 0.29) is 15.2 Å². The van der Waals surface area contributed by atoms with Crippen LogP contribution in [0.3, 0.4) is 0 Å². The third-order valence-electron chi connectivity index (χ3n) is 2.68. The Bertz CT molecular complexity index is 728. The minimum Gasteiger partial charge on any atom is -0.478 e. The minimum atomic E-state index is -2.95. The summed E-state index contributed by atoms with van der Waals surface area (Å²) in [4.78, 5) is 22.1. The summed E-state index contributed by atoms with van der Waals surface area (Å²) in [5.41, 5.74) is -0.132. The maximum absolute atomic E-state index is 12.6. The number of hydrogen-bond donors (Lipinski definition) is 1. The van der Waals surface area contributed by atoms with Crippen molar-refractivity contribution in [1.29, 1.82) is 0 Å². The second-order valence-electron chi connectivity index (χ2n) is 3.94. The van der Waals surface area contributed by atoms with Crippen molar-refractivity contribution in [3.63, 3.8) is 0 Å². The average Bonchev–Trinajstić information content (AvgIpc) is 2.38. The van der Waals surface area contributed by atoms with E-state index in [9.17, 15) is 18.4 Å². The minimum absolute atomic E-state index is 0.00945. The molecule has 7 heteroatoms. The topological polar surface area (TPSA) is 59.3 Å². The van der Waals surface area contributed by atoms with Gasteiger partial charge in [0, 0.05) is 12.3 Å². The van der Waals surface area contributed by atoms with E-state index in [1.807, 2.05) is 0 Å². The number of carboxylic acid groups (broad SMARTS) is 1. The number of aromatic carboxylic acids is 1. The predicted octanol–water partition coefficient (Wildman–Crippen LogP) is 3.26. The number of rotatable bonds is 3. The molecule has 1 N–H and O–H groups in total. The lowest BCUT2D eigenvalue weighted by Crippen LogP contribution is -2.18. The Kier molecular flexibility index (Phi) is 3.85. The van der Waals surface area contributed by atoms with Crippen LogP contribution in [-0.2, 0) is 0 Å². The van der Waals surface area contributed by atoms with Crippen molar-refractivity contribution in [3.8, 4) is 11.1 Å². The summed E-state index contributed by atoms with van der Waals surface area (Å²) in [5, 5.41) is 8.84. The lowest BCUT2D eigenvalue weighted by Gasteiger charge is -2.08. The van der Waals surface area contributed by atoms with Crippen molar-refractivity contribution in [2.24, 2.45) is 0 Å². The van der Waals surface area contributed by atoms with Gasteiger partial charge in [-0.25, -0.2) is 4.79 Å². The maximum Gasteiger partial charge on any atom is 0.337 e. The molecule has 0 amide bonds. The number of aromatic nitrogens is 1. The Morgan fingerprint density at radius 1 is 1.20 bits per heavy atom. The van der Waals surface area contributed by atoms with E-state index in [0.717, 1.165) is 12.3 Å². The van der Waals surface area contributed by atoms with E-state index in [2.05, 4.69) is 0 Å². The fourth-order valence-corrected chi connectivity index (χ4v) is 1.96. The van der Waals surface area contributed by atoms with E-state index >= 15 is 0 Å². The number of hydrogen-bond acceptors (Lipinski definition) is 2. The van der Waals surface area contributed by atoms with Gasteiger partial charge in [-0.15, -0.1) is 0 Å². The Hall–Kier alpha value is -2.21. The van der Waals surface area contributed by atoms with Crippen LogP contribution in [0.25, 0.3) is 11.1 Å². The zero-order valence-electron chi connectivity index (χ0n) is 9.89. The summed E-state index contributed by atoms with van der Waals surface area (Å²) in [6.07, 6.45) is 0.999. The number of halogens is 3. The number of benzene rings is 1. The van der Waals surface area contributed by atoms with Gasteiger partial charge in [-0.1, -0.05) is 17.7 Å². The van der Waals surface area contributed by atoms with Crippen LogP contribution < -0.4 is 5.56 Å². The molecule has 104 valence electrons. The number of alkyl halides is 2. The first kappa shape index (κ1) is 14.2. The van der Waals surface area contributed by atoms with Gasteiger partial charge in [0.1, 0.15) is 0 Å². The normalized spacial score (nSPS) is 10.8. The molecule has 0 unspecified atom stereocenters. The second kappa shape index (κ2) is 5.42. The predicted molar refractivity (Wildman–Crippen MR) is 69.4 cm³/mol. The van der Waals surface area contributed by atoms with Crippen molar-refractivity contribution in [3.05, 3.63) is 57.5 Å². The lowest BCUT2D eigenvalue weighted by atomic mass is 10.1. The summed E-state index contributed by atoms with van der Waals surface area (Å²) in [7, 11) is 0. The summed E-state index contributed by atoms with van der Waals surface area (Å²) in [5.74, 6) is -1.18. The van der Waals surface area contributed by atoms with Gasteiger partial charge in [0.25, 0.3) is 5.56 Å². The standard InChI is InChI=1S/C13H8ClF2NO3/c14-10-5-7(1-3-9(10)12(19)20)8-2-4-11(18)17(6-8)13(15)16/h1-6,13H,(H,19,20). The van der Waals surface area contributed by atoms with Crippen molar-refractivity contribution >= 4 is 17.6 Å². The highest BCUT2D eigenvalue weighted by molar-refractivity contribution is 6.33. The molecule has 0 fully saturated rings. The van der Waals surface area contributed by atoms with Crippen molar-refractivity contribution in [2.75, 3.05) is 0 Å². The molecule has 0 atom stereocenters. The molecule has 20 heavy (non-hydrogen) atoms. The van der Waals surface area contributed by atoms with Crippen LogP contribution in [0.5, 0.6) is 0 Å². The fraction of sp³-hybridized carbons (Fsp3) is 0.0769. The molecule has 2 aromatic rings. The first-order valence-electron chi connectivity index (χ1n) is 5.43. The van der Waals surface area contributed by atoms with Crippen LogP contribution in [-0.4, -0.2) is 15.6 Å². The molecule has 0 aliphatic carbocycles. The maximum atomic E-state index is 12.6. The first-order chi connectivity index (χ1) is 9.40. The van der Waals surface area contributed by atoms with Crippen LogP contribution in [0.1, 0.15) is 16.9 Å². The molecule has 0 saturated heterocycles. The number of carbonyl (C=O) groups is 1. The second-order valence-corrected chi connectivity index (χ2v) is 4.35. The molecule has 0 aliphatic heterocycles. The fourth-order valence-electron chi connectivity index (χ4n) is 1.70. The Balaban J connectivity index is 2.52. The van der Waals surface area contributed by atoms with Gasteiger partial charge in [-0.3, -0.25) is 9.36 Å². The van der Waals surface area contributed by atoms with E-state index in [1.165, 1.54) is 24.3 Å². The Morgan fingerprint density at radius 2 is 1.85 bits per heavy atom. The number of carboxylic acids is 1. The van der Waals surface area contributed by atoms with Crippen molar-refractivity contribution in [1.82, 2.24) is 4.57 Å². The van der Waals surface area contributed by atoms with Crippen LogP contribution in [0, 0.1) is 0 Å². The monoisotopic (exact) mass is 299 g/mol. The molecule has 0 aliphatic rings. The van der Waals surface area contributed by atoms with E-state index in [1.54, 1.807) is 0 Å². The van der Waals surface area contributed by atoms with Crippen LogP contribution in [0.4, 0.5) is 8.78 Å². The van der Waals surface area contributed by atoms with E-state index in [4.69, 9.17) is 16.7 Å². The van der Waals surface area contributed by atoms with Gasteiger partial charge in [-0.05, 0) is 29.3 Å². The Morgan fingerprint density at radius 3 is 2.40 bits per heavy atom. The van der Waals surface area contributed by atoms with Gasteiger partial charge in [-0.2, -0.15) is 8.78 Å². The summed E-state index contributed by atoms with van der Waals surface area (Å²) >= 11 is 5.81. The molecular weight excluding hydrogens is 292 g/mol. The molecule has 0 saturated carbocycles. The van der Waals surface area contributed by atoms with Gasteiger partial charge < -0.3 is 5.11 Å². The van der Waals surface area contributed by atoms with Gasteiger partial charge >= 0.3 is 12.5 Å². The molecule has 4 nitrogen and oxygen atoms in total. The molecule has 0 radical (unpaired) electrons. The lowest BCUT2D eigenvalue weighted by molar-refractivity contribution is 0.0663. The molecule has 1 aromatic heterocycles.